The zero-order chi connectivity index (χ0) is 37.7. The first-order valence-corrected chi connectivity index (χ1v) is 19.1. The predicted molar refractivity (Wildman–Crippen MR) is 193 cm³/mol. The number of allylic oxidation sites excluding steroid dienone is 1. The normalized spacial score (nSPS) is 31.6. The second kappa shape index (κ2) is 12.2. The van der Waals surface area contributed by atoms with Gasteiger partial charge >= 0.3 is 6.03 Å². The van der Waals surface area contributed by atoms with Crippen molar-refractivity contribution >= 4 is 29.5 Å². The molecule has 2 saturated heterocycles. The van der Waals surface area contributed by atoms with E-state index in [1.807, 2.05) is 55.4 Å². The highest BCUT2D eigenvalue weighted by atomic mass is 16.5. The molecule has 6 atom stereocenters. The minimum absolute atomic E-state index is 0.0595. The van der Waals surface area contributed by atoms with Gasteiger partial charge in [0.1, 0.15) is 18.1 Å². The fraction of sp³-hybridized carbons (Fsp3) is 0.821. The first kappa shape index (κ1) is 37.6. The monoisotopic (exact) mass is 710 g/mol. The summed E-state index contributed by atoms with van der Waals surface area (Å²) in [6.45, 7) is 21.4. The summed E-state index contributed by atoms with van der Waals surface area (Å²) in [6.07, 6.45) is 6.09. The fourth-order valence-electron chi connectivity index (χ4n) is 10.5. The first-order valence-electron chi connectivity index (χ1n) is 19.1. The van der Waals surface area contributed by atoms with E-state index in [1.165, 1.54) is 0 Å². The number of hydrogen-bond donors (Lipinski definition) is 4. The number of nitrogens with two attached hydrogens (primary N) is 1. The van der Waals surface area contributed by atoms with Crippen molar-refractivity contribution in [1.82, 2.24) is 25.8 Å². The van der Waals surface area contributed by atoms with Crippen LogP contribution in [0.25, 0.3) is 0 Å². The smallest absolute Gasteiger partial charge is 0.316 e. The third-order valence-corrected chi connectivity index (χ3v) is 14.1. The van der Waals surface area contributed by atoms with E-state index < -0.39 is 46.6 Å². The van der Waals surface area contributed by atoms with E-state index in [-0.39, 0.29) is 51.4 Å². The molecule has 0 aromatic rings. The van der Waals surface area contributed by atoms with Crippen LogP contribution >= 0.6 is 0 Å². The molecule has 5 unspecified atom stereocenters. The van der Waals surface area contributed by atoms with Crippen molar-refractivity contribution in [2.45, 2.75) is 144 Å². The Kier molecular flexibility index (Phi) is 8.99. The molecule has 2 spiro atoms. The molecule has 5 N–H and O–H groups in total. The Bertz CT molecular complexity index is 1530. The molecule has 6 aliphatic rings. The number of likely N-dealkylation sites (tertiary alicyclic amines) is 1. The van der Waals surface area contributed by atoms with E-state index in [0.29, 0.717) is 39.1 Å². The molecule has 12 nitrogen and oxygen atoms in total. The number of amides is 5. The van der Waals surface area contributed by atoms with Gasteiger partial charge in [0.2, 0.25) is 23.5 Å². The van der Waals surface area contributed by atoms with Gasteiger partial charge in [-0.05, 0) is 85.5 Å². The first-order chi connectivity index (χ1) is 23.5. The maximum Gasteiger partial charge on any atom is 0.316 e. The van der Waals surface area contributed by atoms with Gasteiger partial charge in [-0.15, -0.1) is 0 Å². The van der Waals surface area contributed by atoms with E-state index in [0.717, 1.165) is 37.7 Å². The van der Waals surface area contributed by atoms with Crippen LogP contribution in [0, 0.1) is 33.0 Å². The summed E-state index contributed by atoms with van der Waals surface area (Å²) in [6, 6.07) is -3.98. The molecule has 51 heavy (non-hydrogen) atoms. The summed E-state index contributed by atoms with van der Waals surface area (Å²) in [5.41, 5.74) is 5.39. The van der Waals surface area contributed by atoms with Gasteiger partial charge in [-0.1, -0.05) is 61.8 Å². The summed E-state index contributed by atoms with van der Waals surface area (Å²) in [4.78, 5) is 73.7. The lowest BCUT2D eigenvalue weighted by atomic mass is 9.69. The van der Waals surface area contributed by atoms with Crippen molar-refractivity contribution in [3.05, 3.63) is 11.3 Å². The standard InChI is InChI=1S/C39H62N6O6/c1-34(2,3)28(42-33(50)43-29(35(4,5)6)32(49)45-16-17-51-21-36(45,7)8)31(48)44-20-39(37(9,10)38(39)14-11-15-38)19-25(44)30(47)41-24-18-22-12-13-23(22)26(40)27(24)46/h22,24-25,28-29H,11-21,40H2,1-10H3,(H,41,47)(H2,42,43,50)/t22?,24?,25?,28?,29-,39?/m1/s1. The molecular formula is C39H62N6O6. The Morgan fingerprint density at radius 3 is 2.02 bits per heavy atom. The van der Waals surface area contributed by atoms with E-state index in [2.05, 4.69) is 29.8 Å². The summed E-state index contributed by atoms with van der Waals surface area (Å²) in [5.74, 6) is -0.902. The molecule has 0 radical (unpaired) electrons. The van der Waals surface area contributed by atoms with Gasteiger partial charge in [0.25, 0.3) is 0 Å². The van der Waals surface area contributed by atoms with Crippen LogP contribution in [-0.2, 0) is 23.9 Å². The lowest BCUT2D eigenvalue weighted by molar-refractivity contribution is -0.151. The van der Waals surface area contributed by atoms with Gasteiger partial charge in [0.15, 0.2) is 0 Å². The number of hydrogen-bond acceptors (Lipinski definition) is 7. The van der Waals surface area contributed by atoms with Crippen molar-refractivity contribution in [3.63, 3.8) is 0 Å². The van der Waals surface area contributed by atoms with Gasteiger partial charge in [0, 0.05) is 18.5 Å². The van der Waals surface area contributed by atoms with Crippen molar-refractivity contribution in [1.29, 1.82) is 0 Å². The second-order valence-corrected chi connectivity index (χ2v) is 19.7. The van der Waals surface area contributed by atoms with Gasteiger partial charge in [0.05, 0.1) is 30.5 Å². The number of morpholine rings is 1. The summed E-state index contributed by atoms with van der Waals surface area (Å²) >= 11 is 0. The number of nitrogens with one attached hydrogen (secondary N) is 3. The fourth-order valence-corrected chi connectivity index (χ4v) is 10.5. The molecular weight excluding hydrogens is 648 g/mol. The third kappa shape index (κ3) is 5.86. The van der Waals surface area contributed by atoms with Gasteiger partial charge in [-0.2, -0.15) is 0 Å². The SMILES string of the molecule is CC(C)(C)C(NC(=O)N[C@H](C(=O)N1CCOCC1(C)C)C(C)(C)C)C(=O)N1CC2(CC1C(=O)NC1CC3CCC3=C(N)C1=O)C(C)(C)C21CCC1. The summed E-state index contributed by atoms with van der Waals surface area (Å²) < 4.78 is 5.63. The lowest BCUT2D eigenvalue weighted by Gasteiger charge is -2.45. The number of ketones is 1. The van der Waals surface area contributed by atoms with Crippen LogP contribution in [0.2, 0.25) is 0 Å². The van der Waals surface area contributed by atoms with Crippen LogP contribution < -0.4 is 21.7 Å². The maximum absolute atomic E-state index is 14.9. The van der Waals surface area contributed by atoms with Crippen LogP contribution in [0.1, 0.15) is 114 Å². The number of ether oxygens (including phenoxy) is 1. The highest BCUT2D eigenvalue weighted by Gasteiger charge is 2.85. The Morgan fingerprint density at radius 2 is 1.53 bits per heavy atom. The Labute approximate surface area is 303 Å². The molecule has 0 aromatic carbocycles. The molecule has 0 aromatic heterocycles. The van der Waals surface area contributed by atoms with Crippen molar-refractivity contribution < 1.29 is 28.7 Å². The number of Topliss-reactive ketones (excluding diaryl/α,β-unsaturated/α-hetero) is 1. The van der Waals surface area contributed by atoms with Crippen molar-refractivity contribution in [2.75, 3.05) is 26.3 Å². The number of fused-ring (bicyclic) bond motifs is 2. The molecule has 2 heterocycles. The van der Waals surface area contributed by atoms with Crippen LogP contribution in [0.5, 0.6) is 0 Å². The topological polar surface area (TPSA) is 163 Å². The number of carbonyl (C=O) groups excluding carboxylic acids is 5. The Hall–Kier alpha value is -3.15. The summed E-state index contributed by atoms with van der Waals surface area (Å²) in [7, 11) is 0. The molecule has 5 fully saturated rings. The highest BCUT2D eigenvalue weighted by molar-refractivity contribution is 6.03. The van der Waals surface area contributed by atoms with Crippen LogP contribution in [0.4, 0.5) is 4.79 Å². The number of nitrogens with zero attached hydrogens (tertiary/aromatic N) is 2. The van der Waals surface area contributed by atoms with Gasteiger partial charge in [-0.3, -0.25) is 19.2 Å². The average Bonchev–Trinajstić information content (AvgIpc) is 3.20. The van der Waals surface area contributed by atoms with E-state index in [4.69, 9.17) is 10.5 Å². The molecule has 6 rings (SSSR count). The number of carbonyl (C=O) groups is 5. The van der Waals surface area contributed by atoms with E-state index >= 15 is 0 Å². The molecule has 0 bridgehead atoms. The van der Waals surface area contributed by atoms with Gasteiger partial charge in [-0.25, -0.2) is 4.79 Å². The third-order valence-electron chi connectivity index (χ3n) is 14.1. The van der Waals surface area contributed by atoms with Crippen LogP contribution in [-0.4, -0.2) is 95.3 Å². The quantitative estimate of drug-likeness (QED) is 0.327. The van der Waals surface area contributed by atoms with Crippen LogP contribution in [0.3, 0.4) is 0 Å². The van der Waals surface area contributed by atoms with Crippen molar-refractivity contribution in [3.8, 4) is 0 Å². The minimum Gasteiger partial charge on any atom is -0.396 e. The molecule has 12 heteroatoms. The Morgan fingerprint density at radius 1 is 0.922 bits per heavy atom. The van der Waals surface area contributed by atoms with Crippen molar-refractivity contribution in [2.24, 2.45) is 38.7 Å². The lowest BCUT2D eigenvalue weighted by Crippen LogP contribution is -2.65. The predicted octanol–water partition coefficient (Wildman–Crippen LogP) is 3.63. The summed E-state index contributed by atoms with van der Waals surface area (Å²) in [5, 5.41) is 8.93. The maximum atomic E-state index is 14.9. The number of urea groups is 1. The molecule has 4 aliphatic carbocycles. The van der Waals surface area contributed by atoms with Crippen LogP contribution in [0.15, 0.2) is 11.3 Å². The average molecular weight is 711 g/mol. The van der Waals surface area contributed by atoms with Gasteiger partial charge < -0.3 is 36.2 Å². The largest absolute Gasteiger partial charge is 0.396 e. The Balaban J connectivity index is 1.24. The zero-order valence-corrected chi connectivity index (χ0v) is 32.6. The molecule has 2 aliphatic heterocycles. The molecule has 284 valence electrons. The van der Waals surface area contributed by atoms with E-state index in [9.17, 15) is 24.0 Å². The zero-order valence-electron chi connectivity index (χ0n) is 32.6. The minimum atomic E-state index is -0.995. The second-order valence-electron chi connectivity index (χ2n) is 19.7. The number of rotatable bonds is 6. The van der Waals surface area contributed by atoms with E-state index in [1.54, 1.807) is 9.80 Å². The molecule has 3 saturated carbocycles. The highest BCUT2D eigenvalue weighted by Crippen LogP contribution is 2.88. The molecule has 5 amide bonds.